The highest BCUT2D eigenvalue weighted by Crippen LogP contribution is 2.30. The van der Waals surface area contributed by atoms with Crippen molar-refractivity contribution in [2.45, 2.75) is 33.1 Å². The van der Waals surface area contributed by atoms with E-state index in [-0.39, 0.29) is 19.8 Å². The van der Waals surface area contributed by atoms with Crippen LogP contribution in [-0.2, 0) is 5.41 Å². The van der Waals surface area contributed by atoms with Gasteiger partial charge < -0.3 is 5.11 Å². The monoisotopic (exact) mass is 331 g/mol. The first kappa shape index (κ1) is 17.6. The highest BCUT2D eigenvalue weighted by Gasteiger charge is 2.18. The van der Waals surface area contributed by atoms with Crippen molar-refractivity contribution in [1.29, 1.82) is 0 Å². The predicted octanol–water partition coefficient (Wildman–Crippen LogP) is 3.82. The van der Waals surface area contributed by atoms with Crippen molar-refractivity contribution in [2.75, 3.05) is 7.05 Å². The third-order valence-electron chi connectivity index (χ3n) is 3.72. The Balaban J connectivity index is 2.50. The zero-order chi connectivity index (χ0) is 17.2. The van der Waals surface area contributed by atoms with Crippen molar-refractivity contribution >= 4 is 25.4 Å². The number of halogens is 1. The SMILES string of the molecule is CN=Cc1cc(F)ccc1Pc1cc(C(C)(C)C)cc(C)c1O. The highest BCUT2D eigenvalue weighted by atomic mass is 31.1. The fraction of sp³-hybridized carbons (Fsp3) is 0.316. The van der Waals surface area contributed by atoms with Crippen LogP contribution in [0.15, 0.2) is 35.3 Å². The summed E-state index contributed by atoms with van der Waals surface area (Å²) in [6, 6.07) is 8.78. The second-order valence-corrected chi connectivity index (χ2v) is 8.01. The van der Waals surface area contributed by atoms with Crippen LogP contribution < -0.4 is 10.6 Å². The van der Waals surface area contributed by atoms with Crippen LogP contribution in [0.3, 0.4) is 0 Å². The summed E-state index contributed by atoms with van der Waals surface area (Å²) in [4.78, 5) is 4.00. The molecule has 2 aromatic carbocycles. The lowest BCUT2D eigenvalue weighted by molar-refractivity contribution is 0.474. The normalized spacial score (nSPS) is 12.6. The molecule has 1 unspecified atom stereocenters. The number of rotatable bonds is 3. The van der Waals surface area contributed by atoms with Crippen LogP contribution in [0, 0.1) is 12.7 Å². The molecule has 122 valence electrons. The molecule has 0 saturated heterocycles. The molecule has 0 aliphatic rings. The van der Waals surface area contributed by atoms with E-state index in [9.17, 15) is 9.50 Å². The lowest BCUT2D eigenvalue weighted by Crippen LogP contribution is -2.16. The van der Waals surface area contributed by atoms with E-state index >= 15 is 0 Å². The fourth-order valence-corrected chi connectivity index (χ4v) is 3.63. The van der Waals surface area contributed by atoms with Crippen LogP contribution in [-0.4, -0.2) is 18.4 Å². The number of hydrogen-bond donors (Lipinski definition) is 1. The van der Waals surface area contributed by atoms with E-state index in [4.69, 9.17) is 0 Å². The van der Waals surface area contributed by atoms with Gasteiger partial charge in [0.1, 0.15) is 11.6 Å². The molecule has 0 spiro atoms. The van der Waals surface area contributed by atoms with Gasteiger partial charge in [-0.3, -0.25) is 4.99 Å². The van der Waals surface area contributed by atoms with Crippen molar-refractivity contribution in [1.82, 2.24) is 0 Å². The van der Waals surface area contributed by atoms with E-state index in [1.807, 2.05) is 13.0 Å². The second-order valence-electron chi connectivity index (χ2n) is 6.68. The molecule has 0 aliphatic carbocycles. The van der Waals surface area contributed by atoms with E-state index in [1.54, 1.807) is 19.3 Å². The smallest absolute Gasteiger partial charge is 0.126 e. The topological polar surface area (TPSA) is 32.6 Å². The molecule has 23 heavy (non-hydrogen) atoms. The number of nitrogens with zero attached hydrogens (tertiary/aromatic N) is 1. The van der Waals surface area contributed by atoms with Gasteiger partial charge in [-0.15, -0.1) is 0 Å². The Morgan fingerprint density at radius 3 is 2.43 bits per heavy atom. The number of phenolic OH excluding ortho intramolecular Hbond substituents is 1. The van der Waals surface area contributed by atoms with Gasteiger partial charge in [0, 0.05) is 24.1 Å². The third-order valence-corrected chi connectivity index (χ3v) is 5.09. The molecule has 0 fully saturated rings. The van der Waals surface area contributed by atoms with Gasteiger partial charge in [-0.25, -0.2) is 4.39 Å². The van der Waals surface area contributed by atoms with Gasteiger partial charge in [0.15, 0.2) is 0 Å². The Hall–Kier alpha value is -1.73. The number of hydrogen-bond acceptors (Lipinski definition) is 2. The Morgan fingerprint density at radius 2 is 1.83 bits per heavy atom. The molecule has 0 radical (unpaired) electrons. The van der Waals surface area contributed by atoms with Gasteiger partial charge in [0.05, 0.1) is 0 Å². The average Bonchev–Trinajstić information content (AvgIpc) is 2.45. The van der Waals surface area contributed by atoms with Gasteiger partial charge in [-0.2, -0.15) is 0 Å². The quantitative estimate of drug-likeness (QED) is 0.673. The molecule has 0 aromatic heterocycles. The minimum absolute atomic E-state index is 0.00813. The first-order valence-corrected chi connectivity index (χ1v) is 8.55. The van der Waals surface area contributed by atoms with Crippen LogP contribution in [0.5, 0.6) is 5.75 Å². The van der Waals surface area contributed by atoms with Crippen LogP contribution in [0.4, 0.5) is 4.39 Å². The zero-order valence-electron chi connectivity index (χ0n) is 14.2. The highest BCUT2D eigenvalue weighted by molar-refractivity contribution is 7.56. The molecule has 0 amide bonds. The largest absolute Gasteiger partial charge is 0.507 e. The Labute approximate surface area is 139 Å². The van der Waals surface area contributed by atoms with Crippen molar-refractivity contribution in [3.63, 3.8) is 0 Å². The molecule has 0 saturated carbocycles. The lowest BCUT2D eigenvalue weighted by Gasteiger charge is -2.22. The minimum Gasteiger partial charge on any atom is -0.507 e. The Morgan fingerprint density at radius 1 is 1.13 bits per heavy atom. The van der Waals surface area contributed by atoms with Gasteiger partial charge >= 0.3 is 0 Å². The number of aryl methyl sites for hydroxylation is 1. The molecule has 2 aromatic rings. The molecule has 4 heteroatoms. The summed E-state index contributed by atoms with van der Waals surface area (Å²) in [6.45, 7) is 8.37. The molecule has 0 bridgehead atoms. The molecule has 2 rings (SSSR count). The molecule has 0 heterocycles. The molecule has 2 nitrogen and oxygen atoms in total. The van der Waals surface area contributed by atoms with E-state index in [0.29, 0.717) is 5.75 Å². The maximum absolute atomic E-state index is 13.5. The van der Waals surface area contributed by atoms with Crippen LogP contribution in [0.25, 0.3) is 0 Å². The van der Waals surface area contributed by atoms with Gasteiger partial charge in [0.25, 0.3) is 0 Å². The van der Waals surface area contributed by atoms with Crippen LogP contribution in [0.2, 0.25) is 0 Å². The van der Waals surface area contributed by atoms with Crippen LogP contribution in [0.1, 0.15) is 37.5 Å². The molecule has 1 atom stereocenters. The Kier molecular flexibility index (Phi) is 5.21. The van der Waals surface area contributed by atoms with Gasteiger partial charge in [0.2, 0.25) is 0 Å². The maximum atomic E-state index is 13.5. The van der Waals surface area contributed by atoms with Crippen molar-refractivity contribution < 1.29 is 9.50 Å². The lowest BCUT2D eigenvalue weighted by atomic mass is 9.86. The summed E-state index contributed by atoms with van der Waals surface area (Å²) < 4.78 is 13.5. The summed E-state index contributed by atoms with van der Waals surface area (Å²) in [6.07, 6.45) is 1.66. The van der Waals surface area contributed by atoms with E-state index in [1.165, 1.54) is 17.7 Å². The third kappa shape index (κ3) is 4.17. The predicted molar refractivity (Wildman–Crippen MR) is 99.0 cm³/mol. The minimum atomic E-state index is -0.280. The zero-order valence-corrected chi connectivity index (χ0v) is 15.2. The number of benzene rings is 2. The molecular formula is C19H23FNOP. The van der Waals surface area contributed by atoms with E-state index in [2.05, 4.69) is 31.8 Å². The van der Waals surface area contributed by atoms with Crippen molar-refractivity contribution in [3.05, 3.63) is 52.8 Å². The van der Waals surface area contributed by atoms with E-state index in [0.717, 1.165) is 21.7 Å². The molecular weight excluding hydrogens is 308 g/mol. The number of phenols is 1. The van der Waals surface area contributed by atoms with Crippen molar-refractivity contribution in [2.24, 2.45) is 4.99 Å². The fourth-order valence-electron chi connectivity index (χ4n) is 2.35. The summed E-state index contributed by atoms with van der Waals surface area (Å²) in [7, 11) is 1.91. The first-order valence-electron chi connectivity index (χ1n) is 7.55. The summed E-state index contributed by atoms with van der Waals surface area (Å²) >= 11 is 0. The van der Waals surface area contributed by atoms with Gasteiger partial charge in [-0.1, -0.05) is 41.5 Å². The van der Waals surface area contributed by atoms with E-state index < -0.39 is 0 Å². The Bertz CT molecular complexity index is 748. The first-order chi connectivity index (χ1) is 10.7. The summed E-state index contributed by atoms with van der Waals surface area (Å²) in [5.74, 6) is 0.0392. The number of aromatic hydroxyl groups is 1. The average molecular weight is 331 g/mol. The molecule has 0 aliphatic heterocycles. The second kappa shape index (κ2) is 6.80. The maximum Gasteiger partial charge on any atom is 0.126 e. The van der Waals surface area contributed by atoms with Crippen LogP contribution >= 0.6 is 8.58 Å². The van der Waals surface area contributed by atoms with Gasteiger partial charge in [-0.05, 0) is 47.0 Å². The summed E-state index contributed by atoms with van der Waals surface area (Å²) in [5.41, 5.74) is 2.81. The summed E-state index contributed by atoms with van der Waals surface area (Å²) in [5, 5.41) is 12.3. The van der Waals surface area contributed by atoms with Crippen molar-refractivity contribution in [3.8, 4) is 5.75 Å². The number of aliphatic imine (C=N–C) groups is 1. The standard InChI is InChI=1S/C19H23FNOP/c1-12-8-14(19(2,3)4)10-17(18(12)22)23-16-7-6-15(20)9-13(16)11-21-5/h6-11,22-23H,1-5H3. The molecule has 1 N–H and O–H groups in total.